The molecule has 1 aliphatic rings. The molecule has 4 rings (SSSR count). The van der Waals surface area contributed by atoms with Crippen LogP contribution in [0.15, 0.2) is 63.9 Å². The summed E-state index contributed by atoms with van der Waals surface area (Å²) in [5.41, 5.74) is -3.85. The van der Waals surface area contributed by atoms with Crippen LogP contribution in [-0.4, -0.2) is 53.3 Å². The summed E-state index contributed by atoms with van der Waals surface area (Å²) < 4.78 is 44.0. The molecule has 0 spiro atoms. The number of carbonyl (C=O) groups is 2. The van der Waals surface area contributed by atoms with Gasteiger partial charge < -0.3 is 14.2 Å². The average molecular weight is 434 g/mol. The minimum Gasteiger partial charge on any atom is -0.451 e. The number of hydrogen-bond donors (Lipinski definition) is 0. The second-order valence-electron chi connectivity index (χ2n) is 6.78. The smallest absolute Gasteiger partial charge is 0.446 e. The number of halogens is 3. The molecule has 0 aliphatic carbocycles. The molecule has 2 amide bonds. The van der Waals surface area contributed by atoms with Gasteiger partial charge in [0.2, 0.25) is 0 Å². The van der Waals surface area contributed by atoms with E-state index in [1.165, 1.54) is 29.2 Å². The summed E-state index contributed by atoms with van der Waals surface area (Å²) in [6.07, 6.45) is 0. The first-order chi connectivity index (χ1) is 14.3. The minimum atomic E-state index is -4.48. The van der Waals surface area contributed by atoms with Crippen LogP contribution in [0.2, 0.25) is 0 Å². The Kier molecular flexibility index (Phi) is 5.46. The van der Waals surface area contributed by atoms with E-state index in [9.17, 15) is 22.8 Å². The number of hydrogen-bond acceptors (Lipinski definition) is 4. The molecule has 1 aromatic heterocycles. The molecule has 5 nitrogen and oxygen atoms in total. The molecule has 2 aromatic carbocycles. The molecule has 30 heavy (non-hydrogen) atoms. The van der Waals surface area contributed by atoms with E-state index >= 15 is 0 Å². The lowest BCUT2D eigenvalue weighted by atomic mass is 10.1. The van der Waals surface area contributed by atoms with Crippen molar-refractivity contribution in [2.45, 2.75) is 10.4 Å². The normalized spacial score (nSPS) is 14.9. The monoisotopic (exact) mass is 434 g/mol. The van der Waals surface area contributed by atoms with E-state index in [0.717, 1.165) is 5.39 Å². The summed E-state index contributed by atoms with van der Waals surface area (Å²) in [7, 11) is 0. The zero-order chi connectivity index (χ0) is 21.3. The van der Waals surface area contributed by atoms with Crippen LogP contribution in [0.5, 0.6) is 0 Å². The Bertz CT molecular complexity index is 1060. The van der Waals surface area contributed by atoms with Crippen molar-refractivity contribution in [3.05, 3.63) is 65.9 Å². The molecule has 2 heterocycles. The third kappa shape index (κ3) is 4.30. The van der Waals surface area contributed by atoms with Crippen molar-refractivity contribution in [2.24, 2.45) is 0 Å². The van der Waals surface area contributed by atoms with E-state index in [4.69, 9.17) is 4.42 Å². The Morgan fingerprint density at radius 3 is 2.13 bits per heavy atom. The SMILES string of the molecule is O=C(c1cc2ccccc2o1)N1CCN(C(=O)c2ccccc2SC(F)(F)F)CC1. The molecular weight excluding hydrogens is 417 g/mol. The third-order valence-electron chi connectivity index (χ3n) is 4.83. The molecule has 1 saturated heterocycles. The van der Waals surface area contributed by atoms with Crippen LogP contribution in [0.4, 0.5) is 13.2 Å². The molecule has 0 unspecified atom stereocenters. The van der Waals surface area contributed by atoms with Crippen molar-refractivity contribution in [1.82, 2.24) is 9.80 Å². The second-order valence-corrected chi connectivity index (χ2v) is 7.88. The zero-order valence-corrected chi connectivity index (χ0v) is 16.5. The van der Waals surface area contributed by atoms with Crippen LogP contribution in [0.25, 0.3) is 11.0 Å². The number of benzene rings is 2. The lowest BCUT2D eigenvalue weighted by Crippen LogP contribution is -2.50. The number of nitrogens with zero attached hydrogens (tertiary/aromatic N) is 2. The zero-order valence-electron chi connectivity index (χ0n) is 15.7. The van der Waals surface area contributed by atoms with Gasteiger partial charge in [0.25, 0.3) is 11.8 Å². The molecule has 1 aliphatic heterocycles. The Morgan fingerprint density at radius 1 is 0.867 bits per heavy atom. The first-order valence-electron chi connectivity index (χ1n) is 9.24. The third-order valence-corrected chi connectivity index (χ3v) is 5.64. The minimum absolute atomic E-state index is 0.0110. The number of amides is 2. The standard InChI is InChI=1S/C21H17F3N2O3S/c22-21(23,24)30-18-8-4-2-6-15(18)19(27)25-9-11-26(12-10-25)20(28)17-13-14-5-1-3-7-16(14)29-17/h1-8,13H,9-12H2. The average Bonchev–Trinajstić information content (AvgIpc) is 3.16. The molecule has 0 atom stereocenters. The van der Waals surface area contributed by atoms with Gasteiger partial charge in [0, 0.05) is 36.5 Å². The van der Waals surface area contributed by atoms with Crippen LogP contribution in [0.3, 0.4) is 0 Å². The van der Waals surface area contributed by atoms with Crippen molar-refractivity contribution >= 4 is 34.5 Å². The van der Waals surface area contributed by atoms with Gasteiger partial charge in [-0.15, -0.1) is 0 Å². The highest BCUT2D eigenvalue weighted by molar-refractivity contribution is 8.00. The highest BCUT2D eigenvalue weighted by atomic mass is 32.2. The van der Waals surface area contributed by atoms with Crippen molar-refractivity contribution in [3.63, 3.8) is 0 Å². The lowest BCUT2D eigenvalue weighted by Gasteiger charge is -2.34. The maximum absolute atomic E-state index is 12.8. The van der Waals surface area contributed by atoms with Gasteiger partial charge in [-0.1, -0.05) is 30.3 Å². The summed E-state index contributed by atoms with van der Waals surface area (Å²) in [5.74, 6) is -0.521. The van der Waals surface area contributed by atoms with Gasteiger partial charge in [-0.3, -0.25) is 9.59 Å². The Balaban J connectivity index is 1.43. The topological polar surface area (TPSA) is 53.8 Å². The van der Waals surface area contributed by atoms with E-state index in [2.05, 4.69) is 0 Å². The molecule has 156 valence electrons. The van der Waals surface area contributed by atoms with Gasteiger partial charge in [0.1, 0.15) is 5.58 Å². The number of piperazine rings is 1. The van der Waals surface area contributed by atoms with Crippen LogP contribution < -0.4 is 0 Å². The molecule has 1 fully saturated rings. The predicted octanol–water partition coefficient (Wildman–Crippen LogP) is 4.64. The van der Waals surface area contributed by atoms with Crippen molar-refractivity contribution in [2.75, 3.05) is 26.2 Å². The highest BCUT2D eigenvalue weighted by Crippen LogP contribution is 2.38. The Labute approximate surface area is 174 Å². The molecule has 3 aromatic rings. The maximum atomic E-state index is 12.8. The summed E-state index contributed by atoms with van der Waals surface area (Å²) in [4.78, 5) is 28.4. The van der Waals surface area contributed by atoms with Gasteiger partial charge in [0.15, 0.2) is 5.76 Å². The van der Waals surface area contributed by atoms with E-state index in [1.54, 1.807) is 17.0 Å². The van der Waals surface area contributed by atoms with Gasteiger partial charge in [0.05, 0.1) is 5.56 Å². The summed E-state index contributed by atoms with van der Waals surface area (Å²) >= 11 is -0.300. The molecular formula is C21H17F3N2O3S. The van der Waals surface area contributed by atoms with Crippen molar-refractivity contribution in [3.8, 4) is 0 Å². The maximum Gasteiger partial charge on any atom is 0.446 e. The number of para-hydroxylation sites is 1. The molecule has 9 heteroatoms. The van der Waals surface area contributed by atoms with Gasteiger partial charge in [-0.25, -0.2) is 0 Å². The van der Waals surface area contributed by atoms with E-state index in [0.29, 0.717) is 5.58 Å². The summed E-state index contributed by atoms with van der Waals surface area (Å²) in [5, 5.41) is 0.827. The molecule has 0 radical (unpaired) electrons. The number of carbonyl (C=O) groups excluding carboxylic acids is 2. The second kappa shape index (κ2) is 8.06. The van der Waals surface area contributed by atoms with Gasteiger partial charge in [-0.2, -0.15) is 13.2 Å². The van der Waals surface area contributed by atoms with Crippen LogP contribution in [-0.2, 0) is 0 Å². The van der Waals surface area contributed by atoms with Crippen LogP contribution in [0, 0.1) is 0 Å². The first kappa shape index (κ1) is 20.3. The van der Waals surface area contributed by atoms with Gasteiger partial charge in [-0.05, 0) is 36.0 Å². The fourth-order valence-corrected chi connectivity index (χ4v) is 4.04. The fraction of sp³-hybridized carbons (Fsp3) is 0.238. The summed E-state index contributed by atoms with van der Waals surface area (Å²) in [6.45, 7) is 1.01. The fourth-order valence-electron chi connectivity index (χ4n) is 3.38. The van der Waals surface area contributed by atoms with Crippen molar-refractivity contribution in [1.29, 1.82) is 0 Å². The first-order valence-corrected chi connectivity index (χ1v) is 10.1. The number of rotatable bonds is 3. The Hall–Kier alpha value is -2.94. The van der Waals surface area contributed by atoms with Crippen molar-refractivity contribution < 1.29 is 27.2 Å². The number of fused-ring (bicyclic) bond motifs is 1. The molecule has 0 saturated carbocycles. The van der Waals surface area contributed by atoms with E-state index in [1.807, 2.05) is 18.2 Å². The number of furan rings is 1. The van der Waals surface area contributed by atoms with Crippen LogP contribution in [0.1, 0.15) is 20.9 Å². The lowest BCUT2D eigenvalue weighted by molar-refractivity contribution is -0.0328. The van der Waals surface area contributed by atoms with E-state index in [-0.39, 0.29) is 60.1 Å². The Morgan fingerprint density at radius 2 is 1.47 bits per heavy atom. The quantitative estimate of drug-likeness (QED) is 0.564. The largest absolute Gasteiger partial charge is 0.451 e. The summed E-state index contributed by atoms with van der Waals surface area (Å²) in [6, 6.07) is 14.7. The predicted molar refractivity (Wildman–Crippen MR) is 106 cm³/mol. The number of thioether (sulfide) groups is 1. The number of alkyl halides is 3. The molecule has 0 bridgehead atoms. The highest BCUT2D eigenvalue weighted by Gasteiger charge is 2.33. The van der Waals surface area contributed by atoms with Gasteiger partial charge >= 0.3 is 5.51 Å². The van der Waals surface area contributed by atoms with E-state index < -0.39 is 11.4 Å². The van der Waals surface area contributed by atoms with Crippen LogP contribution >= 0.6 is 11.8 Å². The molecule has 0 N–H and O–H groups in total.